The Balaban J connectivity index is 2.35. The third-order valence-electron chi connectivity index (χ3n) is 3.38. The molecule has 20 heavy (non-hydrogen) atoms. The van der Waals surface area contributed by atoms with Crippen LogP contribution in [0.4, 0.5) is 11.4 Å². The Bertz CT molecular complexity index is 597. The summed E-state index contributed by atoms with van der Waals surface area (Å²) < 4.78 is 0. The number of anilines is 1. The highest BCUT2D eigenvalue weighted by Crippen LogP contribution is 2.32. The van der Waals surface area contributed by atoms with E-state index in [1.165, 1.54) is 6.07 Å². The number of nitro groups is 1. The van der Waals surface area contributed by atoms with Crippen LogP contribution in [-0.4, -0.2) is 4.92 Å². The fraction of sp³-hybridized carbons (Fsp3) is 0.250. The Labute approximate surface area is 118 Å². The Morgan fingerprint density at radius 3 is 2.45 bits per heavy atom. The Hall–Kier alpha value is -2.36. The summed E-state index contributed by atoms with van der Waals surface area (Å²) in [5, 5.41) is 14.5. The maximum absolute atomic E-state index is 11.1. The van der Waals surface area contributed by atoms with Crippen LogP contribution in [0.3, 0.4) is 0 Å². The lowest BCUT2D eigenvalue weighted by atomic mass is 10.0. The molecule has 1 N–H and O–H groups in total. The van der Waals surface area contributed by atoms with Crippen molar-refractivity contribution in [2.45, 2.75) is 26.3 Å². The van der Waals surface area contributed by atoms with E-state index >= 15 is 0 Å². The van der Waals surface area contributed by atoms with Gasteiger partial charge >= 0.3 is 0 Å². The number of rotatable bonds is 5. The van der Waals surface area contributed by atoms with Gasteiger partial charge in [0, 0.05) is 6.07 Å². The fourth-order valence-corrected chi connectivity index (χ4v) is 2.27. The molecule has 0 aliphatic heterocycles. The van der Waals surface area contributed by atoms with Crippen LogP contribution in [0, 0.1) is 17.0 Å². The molecular formula is C16H18N2O2. The van der Waals surface area contributed by atoms with Crippen LogP contribution >= 0.6 is 0 Å². The minimum atomic E-state index is -0.340. The highest BCUT2D eigenvalue weighted by Gasteiger charge is 2.18. The van der Waals surface area contributed by atoms with Crippen molar-refractivity contribution in [3.8, 4) is 0 Å². The molecule has 2 rings (SSSR count). The van der Waals surface area contributed by atoms with Gasteiger partial charge in [0.25, 0.3) is 5.69 Å². The van der Waals surface area contributed by atoms with Gasteiger partial charge in [-0.05, 0) is 24.5 Å². The summed E-state index contributed by atoms with van der Waals surface area (Å²) in [6.45, 7) is 3.95. The van der Waals surface area contributed by atoms with Crippen LogP contribution in [0.15, 0.2) is 48.5 Å². The van der Waals surface area contributed by atoms with Crippen molar-refractivity contribution in [1.82, 2.24) is 0 Å². The smallest absolute Gasteiger partial charge is 0.292 e. The van der Waals surface area contributed by atoms with Crippen molar-refractivity contribution in [2.24, 2.45) is 0 Å². The zero-order valence-electron chi connectivity index (χ0n) is 11.7. The number of nitrogens with zero attached hydrogens (tertiary/aromatic N) is 1. The number of hydrogen-bond donors (Lipinski definition) is 1. The zero-order valence-corrected chi connectivity index (χ0v) is 11.7. The molecule has 4 nitrogen and oxygen atoms in total. The first-order valence-corrected chi connectivity index (χ1v) is 6.69. The van der Waals surface area contributed by atoms with Crippen molar-refractivity contribution >= 4 is 11.4 Å². The highest BCUT2D eigenvalue weighted by atomic mass is 16.6. The van der Waals surface area contributed by atoms with Crippen molar-refractivity contribution in [2.75, 3.05) is 5.32 Å². The van der Waals surface area contributed by atoms with Gasteiger partial charge in [0.1, 0.15) is 5.69 Å². The van der Waals surface area contributed by atoms with Gasteiger partial charge in [-0.25, -0.2) is 0 Å². The number of para-hydroxylation sites is 1. The predicted octanol–water partition coefficient (Wildman–Crippen LogP) is 4.47. The van der Waals surface area contributed by atoms with Gasteiger partial charge in [0.2, 0.25) is 0 Å². The number of nitro benzene ring substituents is 1. The Morgan fingerprint density at radius 1 is 1.15 bits per heavy atom. The summed E-state index contributed by atoms with van der Waals surface area (Å²) >= 11 is 0. The van der Waals surface area contributed by atoms with Crippen LogP contribution < -0.4 is 5.32 Å². The van der Waals surface area contributed by atoms with E-state index in [1.807, 2.05) is 43.3 Å². The lowest BCUT2D eigenvalue weighted by Crippen LogP contribution is -2.12. The quantitative estimate of drug-likeness (QED) is 0.644. The minimum absolute atomic E-state index is 0.0657. The zero-order chi connectivity index (χ0) is 14.5. The third-order valence-corrected chi connectivity index (χ3v) is 3.38. The van der Waals surface area contributed by atoms with Crippen molar-refractivity contribution in [1.29, 1.82) is 0 Å². The summed E-state index contributed by atoms with van der Waals surface area (Å²) in [6.07, 6.45) is 0.857. The molecule has 0 aliphatic rings. The number of aryl methyl sites for hydroxylation is 1. The van der Waals surface area contributed by atoms with Crippen LogP contribution in [0.2, 0.25) is 0 Å². The van der Waals surface area contributed by atoms with E-state index in [0.717, 1.165) is 17.5 Å². The van der Waals surface area contributed by atoms with Crippen molar-refractivity contribution < 1.29 is 4.92 Å². The molecule has 0 saturated carbocycles. The predicted molar refractivity (Wildman–Crippen MR) is 80.9 cm³/mol. The third kappa shape index (κ3) is 2.96. The molecule has 0 spiro atoms. The second-order valence-corrected chi connectivity index (χ2v) is 4.74. The standard InChI is InChI=1S/C16H18N2O2/c1-3-14(13-9-5-4-6-10-13)17-16-12(2)8-7-11-15(16)18(19)20/h4-11,14,17H,3H2,1-2H3. The second-order valence-electron chi connectivity index (χ2n) is 4.74. The molecule has 0 amide bonds. The average Bonchev–Trinajstić information content (AvgIpc) is 2.46. The SMILES string of the molecule is CCC(Nc1c(C)cccc1[N+](=O)[O-])c1ccccc1. The molecule has 4 heteroatoms. The summed E-state index contributed by atoms with van der Waals surface area (Å²) in [4.78, 5) is 10.8. The topological polar surface area (TPSA) is 55.2 Å². The molecule has 2 aromatic carbocycles. The molecule has 0 heterocycles. The number of benzene rings is 2. The lowest BCUT2D eigenvalue weighted by molar-refractivity contribution is -0.384. The first-order chi connectivity index (χ1) is 9.63. The van der Waals surface area contributed by atoms with Gasteiger partial charge in [-0.1, -0.05) is 49.4 Å². The van der Waals surface area contributed by atoms with E-state index in [-0.39, 0.29) is 16.7 Å². The van der Waals surface area contributed by atoms with Crippen molar-refractivity contribution in [3.63, 3.8) is 0 Å². The van der Waals surface area contributed by atoms with E-state index < -0.39 is 0 Å². The van der Waals surface area contributed by atoms with E-state index in [0.29, 0.717) is 5.69 Å². The average molecular weight is 270 g/mol. The maximum Gasteiger partial charge on any atom is 0.292 e. The molecule has 0 saturated heterocycles. The molecule has 104 valence electrons. The number of hydrogen-bond acceptors (Lipinski definition) is 3. The molecule has 1 atom stereocenters. The molecule has 2 aromatic rings. The van der Waals surface area contributed by atoms with E-state index in [1.54, 1.807) is 6.07 Å². The summed E-state index contributed by atoms with van der Waals surface area (Å²) in [5.74, 6) is 0. The molecule has 0 fully saturated rings. The summed E-state index contributed by atoms with van der Waals surface area (Å²) in [5.41, 5.74) is 2.74. The first-order valence-electron chi connectivity index (χ1n) is 6.69. The van der Waals surface area contributed by atoms with Crippen LogP contribution in [0.25, 0.3) is 0 Å². The van der Waals surface area contributed by atoms with Gasteiger partial charge < -0.3 is 5.32 Å². The van der Waals surface area contributed by atoms with Gasteiger partial charge in [-0.2, -0.15) is 0 Å². The highest BCUT2D eigenvalue weighted by molar-refractivity contribution is 5.66. The number of nitrogens with one attached hydrogen (secondary N) is 1. The minimum Gasteiger partial charge on any atom is -0.372 e. The second kappa shape index (κ2) is 6.19. The molecule has 0 aliphatic carbocycles. The molecule has 0 aromatic heterocycles. The first kappa shape index (κ1) is 14.1. The molecule has 1 unspecified atom stereocenters. The van der Waals surface area contributed by atoms with Gasteiger partial charge in [-0.15, -0.1) is 0 Å². The van der Waals surface area contributed by atoms with E-state index in [9.17, 15) is 10.1 Å². The normalized spacial score (nSPS) is 11.9. The maximum atomic E-state index is 11.1. The Morgan fingerprint density at radius 2 is 1.85 bits per heavy atom. The van der Waals surface area contributed by atoms with Gasteiger partial charge in [-0.3, -0.25) is 10.1 Å². The molecule has 0 radical (unpaired) electrons. The molecular weight excluding hydrogens is 252 g/mol. The van der Waals surface area contributed by atoms with Crippen LogP contribution in [0.1, 0.15) is 30.5 Å². The fourth-order valence-electron chi connectivity index (χ4n) is 2.27. The van der Waals surface area contributed by atoms with E-state index in [2.05, 4.69) is 12.2 Å². The Kier molecular flexibility index (Phi) is 4.35. The van der Waals surface area contributed by atoms with Crippen LogP contribution in [-0.2, 0) is 0 Å². The lowest BCUT2D eigenvalue weighted by Gasteiger charge is -2.20. The largest absolute Gasteiger partial charge is 0.372 e. The molecule has 0 bridgehead atoms. The monoisotopic (exact) mass is 270 g/mol. The van der Waals surface area contributed by atoms with E-state index in [4.69, 9.17) is 0 Å². The van der Waals surface area contributed by atoms with Gasteiger partial charge in [0.15, 0.2) is 0 Å². The van der Waals surface area contributed by atoms with Gasteiger partial charge in [0.05, 0.1) is 11.0 Å². The van der Waals surface area contributed by atoms with Crippen molar-refractivity contribution in [3.05, 3.63) is 69.8 Å². The van der Waals surface area contributed by atoms with Crippen LogP contribution in [0.5, 0.6) is 0 Å². The summed E-state index contributed by atoms with van der Waals surface area (Å²) in [7, 11) is 0. The summed E-state index contributed by atoms with van der Waals surface area (Å²) in [6, 6.07) is 15.2.